The summed E-state index contributed by atoms with van der Waals surface area (Å²) in [6.07, 6.45) is 0.962. The highest BCUT2D eigenvalue weighted by Crippen LogP contribution is 2.19. The molecule has 6 heteroatoms. The quantitative estimate of drug-likeness (QED) is 0.603. The van der Waals surface area contributed by atoms with Crippen molar-refractivity contribution >= 4 is 18.1 Å². The van der Waals surface area contributed by atoms with Crippen LogP contribution in [0.4, 0.5) is 0 Å². The minimum atomic E-state index is -0.0738. The summed E-state index contributed by atoms with van der Waals surface area (Å²) in [4.78, 5) is 12.5. The SMILES string of the molecule is CC[C@@H](CNC(=O)Cn1c(-c2ccc(C)cc2)n[nH]c1=S)c1ccccc1. The first kappa shape index (κ1) is 19.0. The molecule has 1 heterocycles. The third-order valence-corrected chi connectivity index (χ3v) is 4.99. The summed E-state index contributed by atoms with van der Waals surface area (Å²) in [6, 6.07) is 18.3. The molecule has 0 aliphatic heterocycles. The van der Waals surface area contributed by atoms with Gasteiger partial charge in [-0.2, -0.15) is 5.10 Å². The molecule has 0 saturated heterocycles. The average molecular weight is 381 g/mol. The van der Waals surface area contributed by atoms with Gasteiger partial charge in [-0.1, -0.05) is 67.1 Å². The molecule has 140 valence electrons. The van der Waals surface area contributed by atoms with E-state index in [-0.39, 0.29) is 12.5 Å². The Morgan fingerprint density at radius 2 is 1.89 bits per heavy atom. The first-order chi connectivity index (χ1) is 13.1. The van der Waals surface area contributed by atoms with Crippen molar-refractivity contribution in [3.05, 3.63) is 70.5 Å². The molecule has 27 heavy (non-hydrogen) atoms. The van der Waals surface area contributed by atoms with Gasteiger partial charge in [0.25, 0.3) is 0 Å². The maximum Gasteiger partial charge on any atom is 0.240 e. The van der Waals surface area contributed by atoms with E-state index in [0.717, 1.165) is 12.0 Å². The Balaban J connectivity index is 1.69. The maximum atomic E-state index is 12.5. The predicted octanol–water partition coefficient (Wildman–Crippen LogP) is 4.23. The molecule has 0 spiro atoms. The summed E-state index contributed by atoms with van der Waals surface area (Å²) in [5, 5.41) is 10.1. The van der Waals surface area contributed by atoms with Crippen molar-refractivity contribution < 1.29 is 4.79 Å². The number of hydrogen-bond acceptors (Lipinski definition) is 3. The Labute approximate surface area is 164 Å². The van der Waals surface area contributed by atoms with Crippen molar-refractivity contribution in [3.8, 4) is 11.4 Å². The van der Waals surface area contributed by atoms with E-state index in [1.807, 2.05) is 49.4 Å². The van der Waals surface area contributed by atoms with E-state index in [4.69, 9.17) is 12.2 Å². The average Bonchev–Trinajstić information content (AvgIpc) is 3.04. The molecule has 5 nitrogen and oxygen atoms in total. The van der Waals surface area contributed by atoms with Crippen LogP contribution in [-0.4, -0.2) is 27.2 Å². The number of aryl methyl sites for hydroxylation is 1. The molecule has 1 atom stereocenters. The molecular weight excluding hydrogens is 356 g/mol. The standard InChI is InChI=1S/C21H24N4OS/c1-3-16(17-7-5-4-6-8-17)13-22-19(26)14-25-20(23-24-21(25)27)18-11-9-15(2)10-12-18/h4-12,16H,3,13-14H2,1-2H3,(H,22,26)(H,24,27)/t16-/m0/s1. The van der Waals surface area contributed by atoms with Crippen LogP contribution < -0.4 is 5.32 Å². The Morgan fingerprint density at radius 3 is 2.56 bits per heavy atom. The van der Waals surface area contributed by atoms with Crippen molar-refractivity contribution in [2.45, 2.75) is 32.7 Å². The molecule has 0 aliphatic rings. The Hall–Kier alpha value is -2.73. The van der Waals surface area contributed by atoms with Crippen LogP contribution in [0.1, 0.15) is 30.4 Å². The monoisotopic (exact) mass is 380 g/mol. The van der Waals surface area contributed by atoms with Gasteiger partial charge in [0, 0.05) is 18.0 Å². The highest BCUT2D eigenvalue weighted by atomic mass is 32.1. The van der Waals surface area contributed by atoms with Crippen molar-refractivity contribution in [1.29, 1.82) is 0 Å². The number of hydrogen-bond donors (Lipinski definition) is 2. The Bertz CT molecular complexity index is 944. The number of aromatic nitrogens is 3. The maximum absolute atomic E-state index is 12.5. The molecule has 1 aromatic heterocycles. The second-order valence-electron chi connectivity index (χ2n) is 6.62. The number of nitrogens with zero attached hydrogens (tertiary/aromatic N) is 2. The third-order valence-electron chi connectivity index (χ3n) is 4.68. The second-order valence-corrected chi connectivity index (χ2v) is 7.01. The fraction of sp³-hybridized carbons (Fsp3) is 0.286. The highest BCUT2D eigenvalue weighted by molar-refractivity contribution is 7.71. The number of H-pyrrole nitrogens is 1. The van der Waals surface area contributed by atoms with Gasteiger partial charge in [-0.25, -0.2) is 0 Å². The van der Waals surface area contributed by atoms with Crippen molar-refractivity contribution in [2.24, 2.45) is 0 Å². The van der Waals surface area contributed by atoms with Crippen LogP contribution in [0.15, 0.2) is 54.6 Å². The number of nitrogens with one attached hydrogen (secondary N) is 2. The van der Waals surface area contributed by atoms with E-state index in [0.29, 0.717) is 23.1 Å². The summed E-state index contributed by atoms with van der Waals surface area (Å²) in [7, 11) is 0. The number of rotatable bonds is 7. The lowest BCUT2D eigenvalue weighted by Crippen LogP contribution is -2.31. The summed E-state index contributed by atoms with van der Waals surface area (Å²) < 4.78 is 2.18. The van der Waals surface area contributed by atoms with Gasteiger partial charge >= 0.3 is 0 Å². The second kappa shape index (κ2) is 8.77. The molecule has 0 fully saturated rings. The van der Waals surface area contributed by atoms with Crippen LogP contribution >= 0.6 is 12.2 Å². The molecule has 1 amide bonds. The molecular formula is C21H24N4OS. The highest BCUT2D eigenvalue weighted by Gasteiger charge is 2.14. The van der Waals surface area contributed by atoms with Crippen molar-refractivity contribution in [3.63, 3.8) is 0 Å². The first-order valence-electron chi connectivity index (χ1n) is 9.12. The summed E-state index contributed by atoms with van der Waals surface area (Å²) in [6.45, 7) is 4.91. The minimum Gasteiger partial charge on any atom is -0.354 e. The van der Waals surface area contributed by atoms with Crippen LogP contribution in [-0.2, 0) is 11.3 Å². The number of carbonyl (C=O) groups excluding carboxylic acids is 1. The van der Waals surface area contributed by atoms with Crippen LogP contribution in [0.3, 0.4) is 0 Å². The van der Waals surface area contributed by atoms with Gasteiger partial charge in [-0.05, 0) is 31.1 Å². The number of benzene rings is 2. The van der Waals surface area contributed by atoms with E-state index in [1.54, 1.807) is 4.57 Å². The molecule has 2 aromatic carbocycles. The lowest BCUT2D eigenvalue weighted by atomic mass is 9.96. The summed E-state index contributed by atoms with van der Waals surface area (Å²) in [5.74, 6) is 0.893. The Morgan fingerprint density at radius 1 is 1.19 bits per heavy atom. The van der Waals surface area contributed by atoms with Gasteiger partial charge in [0.15, 0.2) is 10.6 Å². The normalized spacial score (nSPS) is 11.9. The topological polar surface area (TPSA) is 62.7 Å². The van der Waals surface area contributed by atoms with Crippen molar-refractivity contribution in [2.75, 3.05) is 6.54 Å². The number of aromatic amines is 1. The molecule has 3 rings (SSSR count). The van der Waals surface area contributed by atoms with Crippen LogP contribution in [0.2, 0.25) is 0 Å². The fourth-order valence-electron chi connectivity index (χ4n) is 3.05. The first-order valence-corrected chi connectivity index (χ1v) is 9.53. The molecule has 2 N–H and O–H groups in total. The predicted molar refractivity (Wildman–Crippen MR) is 110 cm³/mol. The molecule has 0 bridgehead atoms. The van der Waals surface area contributed by atoms with E-state index in [9.17, 15) is 4.79 Å². The molecule has 3 aromatic rings. The zero-order valence-electron chi connectivity index (χ0n) is 15.6. The molecule has 0 radical (unpaired) electrons. The van der Waals surface area contributed by atoms with Gasteiger partial charge in [0.1, 0.15) is 6.54 Å². The van der Waals surface area contributed by atoms with E-state index < -0.39 is 0 Å². The Kier molecular flexibility index (Phi) is 6.19. The van der Waals surface area contributed by atoms with E-state index in [1.165, 1.54) is 11.1 Å². The molecule has 0 saturated carbocycles. The lowest BCUT2D eigenvalue weighted by molar-refractivity contribution is -0.121. The van der Waals surface area contributed by atoms with E-state index in [2.05, 4.69) is 34.6 Å². The minimum absolute atomic E-state index is 0.0738. The van der Waals surface area contributed by atoms with Gasteiger partial charge in [-0.15, -0.1) is 0 Å². The largest absolute Gasteiger partial charge is 0.354 e. The third kappa shape index (κ3) is 4.71. The van der Waals surface area contributed by atoms with Crippen molar-refractivity contribution in [1.82, 2.24) is 20.1 Å². The van der Waals surface area contributed by atoms with Crippen LogP contribution in [0.25, 0.3) is 11.4 Å². The van der Waals surface area contributed by atoms with Crippen LogP contribution in [0, 0.1) is 11.7 Å². The summed E-state index contributed by atoms with van der Waals surface area (Å²) >= 11 is 5.32. The number of carbonyl (C=O) groups is 1. The van der Waals surface area contributed by atoms with Gasteiger partial charge in [0.2, 0.25) is 5.91 Å². The van der Waals surface area contributed by atoms with Gasteiger partial charge < -0.3 is 5.32 Å². The fourth-order valence-corrected chi connectivity index (χ4v) is 3.24. The van der Waals surface area contributed by atoms with Gasteiger partial charge in [-0.3, -0.25) is 14.5 Å². The van der Waals surface area contributed by atoms with Gasteiger partial charge in [0.05, 0.1) is 0 Å². The smallest absolute Gasteiger partial charge is 0.240 e. The zero-order chi connectivity index (χ0) is 19.2. The number of amides is 1. The molecule has 0 aliphatic carbocycles. The van der Waals surface area contributed by atoms with E-state index >= 15 is 0 Å². The lowest BCUT2D eigenvalue weighted by Gasteiger charge is -2.16. The van der Waals surface area contributed by atoms with Crippen LogP contribution in [0.5, 0.6) is 0 Å². The molecule has 0 unspecified atom stereocenters. The zero-order valence-corrected chi connectivity index (χ0v) is 16.4. The summed E-state index contributed by atoms with van der Waals surface area (Å²) in [5.41, 5.74) is 3.33.